The fourth-order valence-corrected chi connectivity index (χ4v) is 4.92. The minimum atomic E-state index is 0.130. The highest BCUT2D eigenvalue weighted by atomic mass is 32.1. The highest BCUT2D eigenvalue weighted by Crippen LogP contribution is 2.27. The lowest BCUT2D eigenvalue weighted by Crippen LogP contribution is -2.49. The van der Waals surface area contributed by atoms with Gasteiger partial charge in [-0.15, -0.1) is 11.3 Å². The number of benzene rings is 1. The van der Waals surface area contributed by atoms with Gasteiger partial charge >= 0.3 is 0 Å². The third-order valence-corrected chi connectivity index (χ3v) is 6.44. The van der Waals surface area contributed by atoms with Crippen LogP contribution in [0.3, 0.4) is 0 Å². The maximum Gasteiger partial charge on any atom is 0.265 e. The molecule has 138 valence electrons. The van der Waals surface area contributed by atoms with E-state index >= 15 is 0 Å². The van der Waals surface area contributed by atoms with E-state index in [2.05, 4.69) is 28.9 Å². The van der Waals surface area contributed by atoms with Gasteiger partial charge in [-0.25, -0.2) is 4.98 Å². The van der Waals surface area contributed by atoms with Crippen LogP contribution in [-0.4, -0.2) is 65.6 Å². The molecular weight excluding hydrogens is 346 g/mol. The predicted molar refractivity (Wildman–Crippen MR) is 103 cm³/mol. The summed E-state index contributed by atoms with van der Waals surface area (Å²) < 4.78 is 5.46. The van der Waals surface area contributed by atoms with Crippen molar-refractivity contribution in [1.29, 1.82) is 0 Å². The van der Waals surface area contributed by atoms with Crippen molar-refractivity contribution in [2.45, 2.75) is 31.8 Å². The minimum absolute atomic E-state index is 0.130. The lowest BCUT2D eigenvalue weighted by molar-refractivity contribution is 0.0105. The third kappa shape index (κ3) is 3.68. The summed E-state index contributed by atoms with van der Waals surface area (Å²) in [4.78, 5) is 22.8. The van der Waals surface area contributed by atoms with Crippen LogP contribution >= 0.6 is 11.3 Å². The number of aromatic nitrogens is 1. The Balaban J connectivity index is 1.41. The summed E-state index contributed by atoms with van der Waals surface area (Å²) in [6.45, 7) is 6.55. The summed E-state index contributed by atoms with van der Waals surface area (Å²) in [6, 6.07) is 11.0. The molecule has 1 aromatic carbocycles. The molecule has 0 spiro atoms. The zero-order valence-corrected chi connectivity index (χ0v) is 16.0. The van der Waals surface area contributed by atoms with Crippen molar-refractivity contribution in [2.24, 2.45) is 0 Å². The van der Waals surface area contributed by atoms with Crippen LogP contribution in [0.25, 0.3) is 0 Å². The second kappa shape index (κ2) is 7.86. The number of nitrogens with zero attached hydrogens (tertiary/aromatic N) is 3. The van der Waals surface area contributed by atoms with Gasteiger partial charge in [0.15, 0.2) is 0 Å². The summed E-state index contributed by atoms with van der Waals surface area (Å²) in [6.07, 6.45) is 3.58. The lowest BCUT2D eigenvalue weighted by Gasteiger charge is -2.35. The molecule has 2 saturated heterocycles. The third-order valence-electron chi connectivity index (χ3n) is 5.45. The average Bonchev–Trinajstić information content (AvgIpc) is 3.30. The first-order valence-electron chi connectivity index (χ1n) is 9.34. The van der Waals surface area contributed by atoms with Gasteiger partial charge in [-0.1, -0.05) is 30.3 Å². The molecule has 6 heteroatoms. The minimum Gasteiger partial charge on any atom is -0.379 e. The van der Waals surface area contributed by atoms with Crippen molar-refractivity contribution in [3.05, 3.63) is 52.0 Å². The molecule has 0 radical (unpaired) electrons. The molecule has 2 aromatic rings. The van der Waals surface area contributed by atoms with Crippen molar-refractivity contribution in [3.63, 3.8) is 0 Å². The van der Waals surface area contributed by atoms with Crippen LogP contribution in [-0.2, 0) is 11.2 Å². The molecule has 2 atom stereocenters. The Bertz CT molecular complexity index is 743. The average molecular weight is 372 g/mol. The van der Waals surface area contributed by atoms with Crippen molar-refractivity contribution in [1.82, 2.24) is 14.8 Å². The fourth-order valence-electron chi connectivity index (χ4n) is 4.01. The van der Waals surface area contributed by atoms with E-state index < -0.39 is 0 Å². The van der Waals surface area contributed by atoms with E-state index in [-0.39, 0.29) is 11.9 Å². The van der Waals surface area contributed by atoms with E-state index in [1.807, 2.05) is 23.1 Å². The van der Waals surface area contributed by atoms with Crippen LogP contribution in [0.5, 0.6) is 0 Å². The predicted octanol–water partition coefficient (Wildman–Crippen LogP) is 2.67. The Labute approximate surface area is 158 Å². The first-order chi connectivity index (χ1) is 12.7. The molecule has 3 heterocycles. The van der Waals surface area contributed by atoms with Crippen LogP contribution in [0, 0.1) is 0 Å². The first kappa shape index (κ1) is 17.6. The van der Waals surface area contributed by atoms with Crippen LogP contribution in [0.4, 0.5) is 0 Å². The SMILES string of the molecule is C[C@@H]1[C@H](N2CCOCC2)CCN1C(=O)c1cnc(Cc2ccccc2)s1. The molecule has 0 aliphatic carbocycles. The highest BCUT2D eigenvalue weighted by Gasteiger charge is 2.38. The number of hydrogen-bond donors (Lipinski definition) is 0. The molecule has 5 nitrogen and oxygen atoms in total. The molecule has 26 heavy (non-hydrogen) atoms. The second-order valence-electron chi connectivity index (χ2n) is 7.02. The summed E-state index contributed by atoms with van der Waals surface area (Å²) >= 11 is 1.53. The summed E-state index contributed by atoms with van der Waals surface area (Å²) in [7, 11) is 0. The van der Waals surface area contributed by atoms with Crippen LogP contribution in [0.1, 0.15) is 33.6 Å². The molecule has 1 amide bonds. The molecule has 2 fully saturated rings. The molecule has 2 aliphatic rings. The zero-order chi connectivity index (χ0) is 17.9. The monoisotopic (exact) mass is 371 g/mol. The van der Waals surface area contributed by atoms with Gasteiger partial charge in [0.05, 0.1) is 24.4 Å². The van der Waals surface area contributed by atoms with Crippen molar-refractivity contribution < 1.29 is 9.53 Å². The molecule has 0 bridgehead atoms. The maximum atomic E-state index is 13.0. The van der Waals surface area contributed by atoms with Gasteiger partial charge in [-0.2, -0.15) is 0 Å². The van der Waals surface area contributed by atoms with E-state index in [9.17, 15) is 4.79 Å². The number of likely N-dealkylation sites (tertiary alicyclic amines) is 1. The van der Waals surface area contributed by atoms with Crippen molar-refractivity contribution >= 4 is 17.2 Å². The topological polar surface area (TPSA) is 45.7 Å². The lowest BCUT2D eigenvalue weighted by atomic mass is 10.1. The quantitative estimate of drug-likeness (QED) is 0.829. The molecular formula is C20H25N3O2S. The van der Waals surface area contributed by atoms with Crippen LogP contribution < -0.4 is 0 Å². The molecule has 0 unspecified atom stereocenters. The van der Waals surface area contributed by atoms with E-state index in [0.29, 0.717) is 6.04 Å². The standard InChI is InChI=1S/C20H25N3O2S/c1-15-17(22-9-11-25-12-10-22)7-8-23(15)20(24)18-14-21-19(26-18)13-16-5-3-2-4-6-16/h2-6,14-15,17H,7-13H2,1H3/t15-,17-/m1/s1. The van der Waals surface area contributed by atoms with Gasteiger partial charge < -0.3 is 9.64 Å². The van der Waals surface area contributed by atoms with Gasteiger partial charge in [0, 0.05) is 38.1 Å². The van der Waals surface area contributed by atoms with Gasteiger partial charge in [-0.3, -0.25) is 9.69 Å². The molecule has 0 N–H and O–H groups in total. The van der Waals surface area contributed by atoms with Gasteiger partial charge in [0.25, 0.3) is 5.91 Å². The number of ether oxygens (including phenoxy) is 1. The smallest absolute Gasteiger partial charge is 0.265 e. The zero-order valence-electron chi connectivity index (χ0n) is 15.1. The van der Waals surface area contributed by atoms with Gasteiger partial charge in [0.2, 0.25) is 0 Å². The van der Waals surface area contributed by atoms with Crippen LogP contribution in [0.2, 0.25) is 0 Å². The maximum absolute atomic E-state index is 13.0. The van der Waals surface area contributed by atoms with E-state index in [1.54, 1.807) is 6.20 Å². The summed E-state index contributed by atoms with van der Waals surface area (Å²) in [5, 5.41) is 0.996. The number of carbonyl (C=O) groups is 1. The number of carbonyl (C=O) groups excluding carboxylic acids is 1. The molecule has 2 aliphatic heterocycles. The number of rotatable bonds is 4. The Morgan fingerprint density at radius 2 is 2.00 bits per heavy atom. The van der Waals surface area contributed by atoms with E-state index in [0.717, 1.165) is 55.6 Å². The number of thiazole rings is 1. The molecule has 1 aromatic heterocycles. The fraction of sp³-hybridized carbons (Fsp3) is 0.500. The number of amides is 1. The molecule has 4 rings (SSSR count). The van der Waals surface area contributed by atoms with Gasteiger partial charge in [0.1, 0.15) is 4.88 Å². The van der Waals surface area contributed by atoms with Crippen molar-refractivity contribution in [3.8, 4) is 0 Å². The second-order valence-corrected chi connectivity index (χ2v) is 8.14. The first-order valence-corrected chi connectivity index (χ1v) is 10.2. The Morgan fingerprint density at radius 1 is 1.23 bits per heavy atom. The summed E-state index contributed by atoms with van der Waals surface area (Å²) in [5.41, 5.74) is 1.22. The normalized spacial score (nSPS) is 24.1. The Hall–Kier alpha value is -1.76. The van der Waals surface area contributed by atoms with Crippen molar-refractivity contribution in [2.75, 3.05) is 32.8 Å². The Morgan fingerprint density at radius 3 is 2.77 bits per heavy atom. The van der Waals surface area contributed by atoms with E-state index in [4.69, 9.17) is 4.74 Å². The largest absolute Gasteiger partial charge is 0.379 e. The highest BCUT2D eigenvalue weighted by molar-refractivity contribution is 7.13. The number of hydrogen-bond acceptors (Lipinski definition) is 5. The van der Waals surface area contributed by atoms with Gasteiger partial charge in [-0.05, 0) is 18.9 Å². The Kier molecular flexibility index (Phi) is 5.33. The summed E-state index contributed by atoms with van der Waals surface area (Å²) in [5.74, 6) is 0.130. The van der Waals surface area contributed by atoms with E-state index in [1.165, 1.54) is 16.9 Å². The molecule has 0 saturated carbocycles. The van der Waals surface area contributed by atoms with Crippen LogP contribution in [0.15, 0.2) is 36.5 Å². The number of morpholine rings is 1.